The van der Waals surface area contributed by atoms with Crippen LogP contribution in [0.15, 0.2) is 231 Å². The van der Waals surface area contributed by atoms with Crippen molar-refractivity contribution in [2.24, 2.45) is 0 Å². The van der Waals surface area contributed by atoms with E-state index in [0.29, 0.717) is 0 Å². The van der Waals surface area contributed by atoms with Crippen molar-refractivity contribution in [1.82, 2.24) is 4.57 Å². The monoisotopic (exact) mass is 1220 g/mol. The number of aromatic nitrogens is 1. The molecule has 1 aromatic heterocycles. The first-order chi connectivity index (χ1) is 44.6. The minimum atomic E-state index is -0.144. The van der Waals surface area contributed by atoms with Crippen molar-refractivity contribution >= 4 is 79.0 Å². The maximum atomic E-state index is 2.60. The summed E-state index contributed by atoms with van der Waals surface area (Å²) in [6.45, 7) is 37.4. The van der Waals surface area contributed by atoms with Crippen molar-refractivity contribution in [2.45, 2.75) is 156 Å². The van der Waals surface area contributed by atoms with Gasteiger partial charge in [0.05, 0.1) is 16.7 Å². The zero-order valence-electron chi connectivity index (χ0n) is 58.3. The fraction of sp³-hybridized carbons (Fsp3) is 0.267. The van der Waals surface area contributed by atoms with Gasteiger partial charge >= 0.3 is 0 Å². The Balaban J connectivity index is 1.01. The van der Waals surface area contributed by atoms with Gasteiger partial charge in [0, 0.05) is 44.9 Å². The quantitative estimate of drug-likeness (QED) is 0.147. The molecule has 0 atom stereocenters. The lowest BCUT2D eigenvalue weighted by Gasteiger charge is -2.44. The first kappa shape index (κ1) is 61.1. The molecule has 0 unspecified atom stereocenters. The minimum absolute atomic E-state index is 0.0132. The summed E-state index contributed by atoms with van der Waals surface area (Å²) in [5, 5.41) is 2.48. The predicted octanol–water partition coefficient (Wildman–Crippen LogP) is 23.1. The lowest BCUT2D eigenvalue weighted by Crippen LogP contribution is -2.61. The van der Waals surface area contributed by atoms with E-state index in [1.54, 1.807) is 0 Å². The van der Waals surface area contributed by atoms with Crippen LogP contribution >= 0.6 is 0 Å². The number of anilines is 6. The van der Waals surface area contributed by atoms with Gasteiger partial charge < -0.3 is 14.4 Å². The average Bonchev–Trinajstić information content (AvgIpc) is 1.80. The Morgan fingerprint density at radius 1 is 0.298 bits per heavy atom. The number of fused-ring (bicyclic) bond motifs is 8. The van der Waals surface area contributed by atoms with Gasteiger partial charge in [-0.2, -0.15) is 0 Å². The molecule has 94 heavy (non-hydrogen) atoms. The lowest BCUT2D eigenvalue weighted by atomic mass is 9.33. The molecule has 0 spiro atoms. The summed E-state index contributed by atoms with van der Waals surface area (Å²) in [5.74, 6) is 0. The molecule has 3 aliphatic rings. The van der Waals surface area contributed by atoms with E-state index in [0.717, 1.165) is 17.1 Å². The van der Waals surface area contributed by atoms with Crippen LogP contribution in [0.3, 0.4) is 0 Å². The maximum absolute atomic E-state index is 2.60. The third-order valence-corrected chi connectivity index (χ3v) is 21.5. The molecule has 0 N–H and O–H groups in total. The van der Waals surface area contributed by atoms with Gasteiger partial charge in [-0.1, -0.05) is 281 Å². The molecule has 11 aromatic carbocycles. The van der Waals surface area contributed by atoms with E-state index in [9.17, 15) is 0 Å². The summed E-state index contributed by atoms with van der Waals surface area (Å²) in [4.78, 5) is 5.21. The van der Waals surface area contributed by atoms with Crippen LogP contribution in [-0.4, -0.2) is 11.3 Å². The van der Waals surface area contributed by atoms with Crippen LogP contribution < -0.4 is 26.2 Å². The fourth-order valence-corrected chi connectivity index (χ4v) is 15.6. The van der Waals surface area contributed by atoms with Gasteiger partial charge in [-0.05, 0) is 200 Å². The van der Waals surface area contributed by atoms with Crippen LogP contribution in [0.2, 0.25) is 0 Å². The summed E-state index contributed by atoms with van der Waals surface area (Å²) in [5.41, 5.74) is 32.6. The summed E-state index contributed by atoms with van der Waals surface area (Å²) in [6, 6.07) is 89.9. The van der Waals surface area contributed by atoms with E-state index in [4.69, 9.17) is 0 Å². The molecule has 0 saturated carbocycles. The maximum Gasteiger partial charge on any atom is 0.252 e. The molecule has 0 amide bonds. The number of hydrogen-bond acceptors (Lipinski definition) is 2. The van der Waals surface area contributed by atoms with Crippen LogP contribution in [0.25, 0.3) is 72.0 Å². The number of para-hydroxylation sites is 2. The molecule has 3 nitrogen and oxygen atoms in total. The Kier molecular flexibility index (Phi) is 14.1. The molecule has 12 aromatic rings. The molecular weight excluding hydrogens is 1130 g/mol. The molecule has 15 rings (SSSR count). The largest absolute Gasteiger partial charge is 0.311 e. The highest BCUT2D eigenvalue weighted by atomic mass is 15.2. The number of rotatable bonds is 7. The first-order valence-electron chi connectivity index (χ1n) is 34.4. The summed E-state index contributed by atoms with van der Waals surface area (Å²) in [7, 11) is 0. The summed E-state index contributed by atoms with van der Waals surface area (Å²) in [6.07, 6.45) is 2.37. The zero-order chi connectivity index (χ0) is 65.8. The van der Waals surface area contributed by atoms with Crippen molar-refractivity contribution in [3.05, 3.63) is 264 Å². The number of hydrogen-bond donors (Lipinski definition) is 0. The Morgan fingerprint density at radius 2 is 0.660 bits per heavy atom. The van der Waals surface area contributed by atoms with Gasteiger partial charge in [-0.3, -0.25) is 0 Å². The Morgan fingerprint density at radius 3 is 1.09 bits per heavy atom. The van der Waals surface area contributed by atoms with Crippen LogP contribution in [0.1, 0.15) is 157 Å². The van der Waals surface area contributed by atoms with Crippen molar-refractivity contribution in [3.63, 3.8) is 0 Å². The third kappa shape index (κ3) is 10.4. The first-order valence-corrected chi connectivity index (χ1v) is 34.4. The van der Waals surface area contributed by atoms with Gasteiger partial charge in [0.25, 0.3) is 6.71 Å². The number of benzene rings is 11. The molecule has 2 aliphatic heterocycles. The van der Waals surface area contributed by atoms with Crippen LogP contribution in [0.4, 0.5) is 34.1 Å². The smallest absolute Gasteiger partial charge is 0.252 e. The molecule has 0 fully saturated rings. The molecule has 3 heterocycles. The zero-order valence-corrected chi connectivity index (χ0v) is 58.3. The lowest BCUT2D eigenvalue weighted by molar-refractivity contribution is 0.332. The van der Waals surface area contributed by atoms with Crippen molar-refractivity contribution in [2.75, 3.05) is 9.80 Å². The van der Waals surface area contributed by atoms with Crippen LogP contribution in [-0.2, 0) is 32.5 Å². The van der Waals surface area contributed by atoms with Gasteiger partial charge in [0.2, 0.25) is 0 Å². The van der Waals surface area contributed by atoms with E-state index in [1.807, 2.05) is 0 Å². The number of nitrogens with zero attached hydrogens (tertiary/aromatic N) is 3. The Hall–Kier alpha value is -9.12. The molecule has 0 radical (unpaired) electrons. The van der Waals surface area contributed by atoms with Crippen molar-refractivity contribution < 1.29 is 0 Å². The van der Waals surface area contributed by atoms with E-state index in [-0.39, 0.29) is 39.2 Å². The molecule has 0 saturated heterocycles. The molecule has 0 bridgehead atoms. The van der Waals surface area contributed by atoms with Crippen molar-refractivity contribution in [1.29, 1.82) is 0 Å². The van der Waals surface area contributed by atoms with Crippen molar-refractivity contribution in [3.8, 4) is 50.2 Å². The molecule has 1 aliphatic carbocycles. The van der Waals surface area contributed by atoms with E-state index in [1.165, 1.54) is 152 Å². The normalized spacial score (nSPS) is 15.0. The molecule has 468 valence electrons. The highest BCUT2D eigenvalue weighted by molar-refractivity contribution is 7.00. The highest BCUT2D eigenvalue weighted by Gasteiger charge is 2.45. The SMILES string of the molecule is CC(C)(C)c1ccc(-c2ccc3c(c2)B2c4cc(-c5ccc(C(C)(C)C)cc5)ccc4N(c4ccc(-c5ccc6c(c5)C(C)(C)CCC6(C)C)cc4)c4cc(-n5c6ccccc6c6ccccc65)cc(c42)N3c2ccc(-c3cc(C(C)(C)C)cc(C(C)(C)C)c3)cc2)cc1. The summed E-state index contributed by atoms with van der Waals surface area (Å²) < 4.78 is 2.52. The summed E-state index contributed by atoms with van der Waals surface area (Å²) >= 11 is 0. The second-order valence-electron chi connectivity index (χ2n) is 33.0. The van der Waals surface area contributed by atoms with E-state index >= 15 is 0 Å². The van der Waals surface area contributed by atoms with Gasteiger partial charge in [-0.15, -0.1) is 0 Å². The topological polar surface area (TPSA) is 11.4 Å². The Bertz CT molecular complexity index is 4880. The fourth-order valence-electron chi connectivity index (χ4n) is 15.6. The average molecular weight is 1220 g/mol. The molecular formula is C90H90BN3. The van der Waals surface area contributed by atoms with Gasteiger partial charge in [0.1, 0.15) is 0 Å². The van der Waals surface area contributed by atoms with Crippen LogP contribution in [0, 0.1) is 0 Å². The minimum Gasteiger partial charge on any atom is -0.311 e. The second-order valence-corrected chi connectivity index (χ2v) is 33.0. The second kappa shape index (κ2) is 21.7. The standard InChI is InChI=1S/C90H90BN3/c1-85(2,3)65-36-25-57(26-37-65)62-34-45-80-76(52-62)91-77-53-63(58-27-38-66(39-28-58)86(4,5)6)35-46-81(77)93(70-42-31-60(32-43-70)64-49-67(87(7,8)9)54-68(50-64)88(10,11)12)83-56-71(94-78-23-19-17-21-72(78)73-22-18-20-24-79(73)94)55-82(84(83)91)92(80)69-40-29-59(30-41-69)61-33-44-74-75(51-61)90(15,16)48-47-89(74,13)14/h17-46,49-56H,47-48H2,1-16H3. The third-order valence-electron chi connectivity index (χ3n) is 21.5. The van der Waals surface area contributed by atoms with Gasteiger partial charge in [-0.25, -0.2) is 0 Å². The van der Waals surface area contributed by atoms with Crippen LogP contribution in [0.5, 0.6) is 0 Å². The van der Waals surface area contributed by atoms with Gasteiger partial charge in [0.15, 0.2) is 0 Å². The van der Waals surface area contributed by atoms with E-state index < -0.39 is 0 Å². The highest BCUT2D eigenvalue weighted by Crippen LogP contribution is 2.50. The molecule has 4 heteroatoms. The van der Waals surface area contributed by atoms with E-state index in [2.05, 4.69) is 356 Å². The predicted molar refractivity (Wildman–Crippen MR) is 407 cm³/mol. The Labute approximate surface area is 560 Å².